The lowest BCUT2D eigenvalue weighted by atomic mass is 10.1. The number of aryl methyl sites for hydroxylation is 1. The van der Waals surface area contributed by atoms with Crippen LogP contribution >= 0.6 is 0 Å². The number of benzene rings is 1. The molecule has 0 radical (unpaired) electrons. The molecule has 1 aromatic carbocycles. The van der Waals surface area contributed by atoms with Gasteiger partial charge >= 0.3 is 6.18 Å². The van der Waals surface area contributed by atoms with Gasteiger partial charge in [-0.2, -0.15) is 13.2 Å². The van der Waals surface area contributed by atoms with Crippen LogP contribution in [0.3, 0.4) is 0 Å². The van der Waals surface area contributed by atoms with Crippen LogP contribution in [0, 0.1) is 0 Å². The van der Waals surface area contributed by atoms with Crippen molar-refractivity contribution < 1.29 is 13.2 Å². The molecule has 0 saturated carbocycles. The number of nitrogens with zero attached hydrogens (tertiary/aromatic N) is 3. The predicted molar refractivity (Wildman–Crippen MR) is 67.9 cm³/mol. The van der Waals surface area contributed by atoms with Crippen LogP contribution in [0.4, 0.5) is 13.2 Å². The Balaban J connectivity index is 1.90. The highest BCUT2D eigenvalue weighted by molar-refractivity contribution is 5.29. The van der Waals surface area contributed by atoms with Gasteiger partial charge in [-0.25, -0.2) is 0 Å². The molecule has 0 bridgehead atoms. The van der Waals surface area contributed by atoms with E-state index in [1.165, 1.54) is 12.1 Å². The van der Waals surface area contributed by atoms with Gasteiger partial charge in [0.05, 0.1) is 5.56 Å². The summed E-state index contributed by atoms with van der Waals surface area (Å²) >= 11 is 0. The molecule has 7 heteroatoms. The van der Waals surface area contributed by atoms with Crippen molar-refractivity contribution in [3.05, 3.63) is 47.5 Å². The molecular formula is C13H15F3N4. The Bertz CT molecular complexity index is 563. The van der Waals surface area contributed by atoms with Crippen LogP contribution in [0.1, 0.15) is 17.0 Å². The van der Waals surface area contributed by atoms with Crippen LogP contribution in [0.15, 0.2) is 30.6 Å². The molecule has 2 aromatic rings. The molecule has 2 rings (SSSR count). The normalized spacial score (nSPS) is 11.8. The lowest BCUT2D eigenvalue weighted by Gasteiger charge is -2.13. The number of halogens is 3. The maximum Gasteiger partial charge on any atom is 0.416 e. The van der Waals surface area contributed by atoms with Crippen molar-refractivity contribution in [2.45, 2.75) is 19.1 Å². The summed E-state index contributed by atoms with van der Waals surface area (Å²) in [6.07, 6.45) is -2.11. The maximum absolute atomic E-state index is 12.8. The van der Waals surface area contributed by atoms with Crippen molar-refractivity contribution in [3.63, 3.8) is 0 Å². The van der Waals surface area contributed by atoms with E-state index in [0.29, 0.717) is 13.0 Å². The minimum atomic E-state index is -4.32. The third-order valence-electron chi connectivity index (χ3n) is 2.97. The Morgan fingerprint density at radius 1 is 1.25 bits per heavy atom. The van der Waals surface area contributed by atoms with Gasteiger partial charge in [-0.3, -0.25) is 0 Å². The first-order valence-corrected chi connectivity index (χ1v) is 6.17. The second-order valence-corrected chi connectivity index (χ2v) is 4.44. The first-order valence-electron chi connectivity index (χ1n) is 6.17. The van der Waals surface area contributed by atoms with E-state index in [0.717, 1.165) is 11.9 Å². The summed E-state index contributed by atoms with van der Waals surface area (Å²) in [6.45, 7) is 0.715. The van der Waals surface area contributed by atoms with Gasteiger partial charge in [0.15, 0.2) is 0 Å². The maximum atomic E-state index is 12.8. The van der Waals surface area contributed by atoms with Crippen LogP contribution in [0.2, 0.25) is 0 Å². The highest BCUT2D eigenvalue weighted by Gasteiger charge is 2.32. The Morgan fingerprint density at radius 3 is 2.65 bits per heavy atom. The van der Waals surface area contributed by atoms with Gasteiger partial charge < -0.3 is 9.88 Å². The molecule has 4 nitrogen and oxygen atoms in total. The monoisotopic (exact) mass is 284 g/mol. The summed E-state index contributed by atoms with van der Waals surface area (Å²) in [7, 11) is 1.83. The zero-order chi connectivity index (χ0) is 14.6. The summed E-state index contributed by atoms with van der Waals surface area (Å²) in [6, 6.07) is 5.58. The highest BCUT2D eigenvalue weighted by atomic mass is 19.4. The molecule has 0 unspecified atom stereocenters. The fourth-order valence-corrected chi connectivity index (χ4v) is 1.91. The average Bonchev–Trinajstić information content (AvgIpc) is 2.80. The summed E-state index contributed by atoms with van der Waals surface area (Å²) < 4.78 is 40.1. The van der Waals surface area contributed by atoms with E-state index < -0.39 is 11.7 Å². The van der Waals surface area contributed by atoms with E-state index in [2.05, 4.69) is 15.5 Å². The topological polar surface area (TPSA) is 42.7 Å². The fraction of sp³-hybridized carbons (Fsp3) is 0.385. The molecule has 0 aliphatic heterocycles. The van der Waals surface area contributed by atoms with Crippen molar-refractivity contribution >= 4 is 0 Å². The molecule has 0 fully saturated rings. The zero-order valence-corrected chi connectivity index (χ0v) is 11.0. The minimum absolute atomic E-state index is 0.174. The fourth-order valence-electron chi connectivity index (χ4n) is 1.91. The van der Waals surface area contributed by atoms with Crippen molar-refractivity contribution in [1.82, 2.24) is 20.1 Å². The van der Waals surface area contributed by atoms with Crippen LogP contribution in [0.25, 0.3) is 0 Å². The van der Waals surface area contributed by atoms with Gasteiger partial charge in [-0.15, -0.1) is 10.2 Å². The SMILES string of the molecule is Cn1cnnc1CCNCc1ccccc1C(F)(F)F. The van der Waals surface area contributed by atoms with Gasteiger partial charge in [0.25, 0.3) is 0 Å². The van der Waals surface area contributed by atoms with E-state index >= 15 is 0 Å². The number of nitrogens with one attached hydrogen (secondary N) is 1. The average molecular weight is 284 g/mol. The lowest BCUT2D eigenvalue weighted by Crippen LogP contribution is -2.20. The Morgan fingerprint density at radius 2 is 2.00 bits per heavy atom. The van der Waals surface area contributed by atoms with Crippen molar-refractivity contribution in [1.29, 1.82) is 0 Å². The number of aromatic nitrogens is 3. The molecule has 0 spiro atoms. The minimum Gasteiger partial charge on any atom is -0.321 e. The van der Waals surface area contributed by atoms with Crippen LogP contribution < -0.4 is 5.32 Å². The Labute approximate surface area is 114 Å². The van der Waals surface area contributed by atoms with E-state index in [1.807, 2.05) is 7.05 Å². The third kappa shape index (κ3) is 3.57. The highest BCUT2D eigenvalue weighted by Crippen LogP contribution is 2.31. The molecule has 20 heavy (non-hydrogen) atoms. The molecule has 0 saturated heterocycles. The van der Waals surface area contributed by atoms with Gasteiger partial charge in [-0.1, -0.05) is 18.2 Å². The van der Waals surface area contributed by atoms with Crippen LogP contribution in [-0.4, -0.2) is 21.3 Å². The second-order valence-electron chi connectivity index (χ2n) is 4.44. The van der Waals surface area contributed by atoms with E-state index in [-0.39, 0.29) is 12.1 Å². The van der Waals surface area contributed by atoms with Gasteiger partial charge in [0.1, 0.15) is 12.2 Å². The van der Waals surface area contributed by atoms with Crippen LogP contribution in [-0.2, 0) is 26.2 Å². The summed E-state index contributed by atoms with van der Waals surface area (Å²) in [5.41, 5.74) is -0.343. The summed E-state index contributed by atoms with van der Waals surface area (Å²) in [5, 5.41) is 10.7. The Hall–Kier alpha value is -1.89. The predicted octanol–water partition coefficient (Wildman–Crippen LogP) is 2.17. The lowest BCUT2D eigenvalue weighted by molar-refractivity contribution is -0.138. The molecular weight excluding hydrogens is 269 g/mol. The number of hydrogen-bond donors (Lipinski definition) is 1. The molecule has 108 valence electrons. The summed E-state index contributed by atoms with van der Waals surface area (Å²) in [5.74, 6) is 0.793. The van der Waals surface area contributed by atoms with E-state index in [4.69, 9.17) is 0 Å². The van der Waals surface area contributed by atoms with Crippen LogP contribution in [0.5, 0.6) is 0 Å². The van der Waals surface area contributed by atoms with Gasteiger partial charge in [-0.05, 0) is 11.6 Å². The first kappa shape index (κ1) is 14.5. The Kier molecular flexibility index (Phi) is 4.39. The van der Waals surface area contributed by atoms with Crippen molar-refractivity contribution in [2.24, 2.45) is 7.05 Å². The zero-order valence-electron chi connectivity index (χ0n) is 11.0. The van der Waals surface area contributed by atoms with Gasteiger partial charge in [0, 0.05) is 26.6 Å². The number of rotatable bonds is 5. The van der Waals surface area contributed by atoms with Crippen molar-refractivity contribution in [2.75, 3.05) is 6.54 Å². The summed E-state index contributed by atoms with van der Waals surface area (Å²) in [4.78, 5) is 0. The van der Waals surface area contributed by atoms with Crippen molar-refractivity contribution in [3.8, 4) is 0 Å². The van der Waals surface area contributed by atoms with Gasteiger partial charge in [0.2, 0.25) is 0 Å². The molecule has 0 amide bonds. The number of alkyl halides is 3. The molecule has 0 aliphatic rings. The third-order valence-corrected chi connectivity index (χ3v) is 2.97. The molecule has 0 aliphatic carbocycles. The molecule has 0 atom stereocenters. The first-order chi connectivity index (χ1) is 9.48. The molecule has 1 aromatic heterocycles. The second kappa shape index (κ2) is 6.04. The standard InChI is InChI=1S/C13H15F3N4/c1-20-9-18-19-12(20)6-7-17-8-10-4-2-3-5-11(10)13(14,15)16/h2-5,9,17H,6-8H2,1H3. The largest absolute Gasteiger partial charge is 0.416 e. The smallest absolute Gasteiger partial charge is 0.321 e. The molecule has 1 N–H and O–H groups in total. The number of hydrogen-bond acceptors (Lipinski definition) is 3. The van der Waals surface area contributed by atoms with E-state index in [1.54, 1.807) is 17.0 Å². The van der Waals surface area contributed by atoms with E-state index in [9.17, 15) is 13.2 Å². The quantitative estimate of drug-likeness (QED) is 0.856. The molecule has 1 heterocycles.